The molecule has 1 aromatic rings. The van der Waals surface area contributed by atoms with Gasteiger partial charge in [-0.05, 0) is 25.4 Å². The third-order valence-electron chi connectivity index (χ3n) is 2.87. The average Bonchev–Trinajstić information content (AvgIpc) is 2.86. The molecule has 2 rings (SSSR count). The minimum atomic E-state index is 0.727. The summed E-state index contributed by atoms with van der Waals surface area (Å²) in [6.07, 6.45) is 2.36. The van der Waals surface area contributed by atoms with Crippen molar-refractivity contribution >= 4 is 11.3 Å². The van der Waals surface area contributed by atoms with Crippen molar-refractivity contribution in [1.29, 1.82) is 0 Å². The van der Waals surface area contributed by atoms with Crippen LogP contribution in [0.5, 0.6) is 0 Å². The lowest BCUT2D eigenvalue weighted by Crippen LogP contribution is -2.25. The SMILES string of the molecule is NCC1CCN(CCc2cscn2)C1. The summed E-state index contributed by atoms with van der Waals surface area (Å²) in [5, 5.41) is 2.14. The molecule has 1 aliphatic rings. The van der Waals surface area contributed by atoms with Gasteiger partial charge in [0.15, 0.2) is 0 Å². The molecule has 14 heavy (non-hydrogen) atoms. The normalized spacial score (nSPS) is 23.1. The highest BCUT2D eigenvalue weighted by molar-refractivity contribution is 7.07. The van der Waals surface area contributed by atoms with E-state index in [0.29, 0.717) is 0 Å². The highest BCUT2D eigenvalue weighted by Crippen LogP contribution is 2.15. The Kier molecular flexibility index (Phi) is 3.50. The molecule has 4 heteroatoms. The molecule has 0 spiro atoms. The standard InChI is InChI=1S/C10H17N3S/c11-5-9-1-3-13(6-9)4-2-10-7-14-8-12-10/h7-9H,1-6,11H2. The minimum absolute atomic E-state index is 0.727. The van der Waals surface area contributed by atoms with Gasteiger partial charge < -0.3 is 10.6 Å². The molecule has 1 unspecified atom stereocenters. The Balaban J connectivity index is 1.72. The fraction of sp³-hybridized carbons (Fsp3) is 0.700. The Hall–Kier alpha value is -0.450. The predicted molar refractivity (Wildman–Crippen MR) is 59.4 cm³/mol. The highest BCUT2D eigenvalue weighted by atomic mass is 32.1. The van der Waals surface area contributed by atoms with Crippen LogP contribution in [0.3, 0.4) is 0 Å². The fourth-order valence-electron chi connectivity index (χ4n) is 1.94. The number of aromatic nitrogens is 1. The van der Waals surface area contributed by atoms with Crippen molar-refractivity contribution in [2.45, 2.75) is 12.8 Å². The molecule has 78 valence electrons. The maximum atomic E-state index is 5.65. The van der Waals surface area contributed by atoms with E-state index in [2.05, 4.69) is 15.3 Å². The van der Waals surface area contributed by atoms with Crippen LogP contribution < -0.4 is 5.73 Å². The second kappa shape index (κ2) is 4.87. The monoisotopic (exact) mass is 211 g/mol. The number of nitrogens with zero attached hydrogens (tertiary/aromatic N) is 2. The molecule has 0 aliphatic carbocycles. The Morgan fingerprint density at radius 3 is 3.21 bits per heavy atom. The molecule has 0 aromatic carbocycles. The van der Waals surface area contributed by atoms with Gasteiger partial charge in [0.05, 0.1) is 11.2 Å². The predicted octanol–water partition coefficient (Wildman–Crippen LogP) is 0.966. The van der Waals surface area contributed by atoms with Crippen molar-refractivity contribution in [3.05, 3.63) is 16.6 Å². The van der Waals surface area contributed by atoms with Crippen molar-refractivity contribution < 1.29 is 0 Å². The molecule has 1 saturated heterocycles. The van der Waals surface area contributed by atoms with E-state index in [0.717, 1.165) is 25.4 Å². The topological polar surface area (TPSA) is 42.1 Å². The summed E-state index contributed by atoms with van der Waals surface area (Å²) >= 11 is 1.68. The Labute approximate surface area is 88.9 Å². The summed E-state index contributed by atoms with van der Waals surface area (Å²) in [4.78, 5) is 6.78. The first-order chi connectivity index (χ1) is 6.88. The van der Waals surface area contributed by atoms with Crippen LogP contribution in [0, 0.1) is 5.92 Å². The van der Waals surface area contributed by atoms with E-state index in [4.69, 9.17) is 5.73 Å². The quantitative estimate of drug-likeness (QED) is 0.807. The molecule has 1 atom stereocenters. The zero-order chi connectivity index (χ0) is 9.80. The maximum absolute atomic E-state index is 5.65. The van der Waals surface area contributed by atoms with Gasteiger partial charge in [0.1, 0.15) is 0 Å². The first kappa shape index (κ1) is 10.1. The van der Waals surface area contributed by atoms with E-state index in [1.54, 1.807) is 11.3 Å². The molecule has 0 amide bonds. The average molecular weight is 211 g/mol. The molecule has 2 heterocycles. The van der Waals surface area contributed by atoms with Crippen LogP contribution in [0.2, 0.25) is 0 Å². The molecule has 0 saturated carbocycles. The molecule has 1 fully saturated rings. The van der Waals surface area contributed by atoms with Crippen molar-refractivity contribution in [2.75, 3.05) is 26.2 Å². The van der Waals surface area contributed by atoms with Gasteiger partial charge in [-0.25, -0.2) is 4.98 Å². The molecule has 0 radical (unpaired) electrons. The smallest absolute Gasteiger partial charge is 0.0794 e. The molecule has 3 nitrogen and oxygen atoms in total. The van der Waals surface area contributed by atoms with Crippen molar-refractivity contribution in [1.82, 2.24) is 9.88 Å². The largest absolute Gasteiger partial charge is 0.330 e. The lowest BCUT2D eigenvalue weighted by atomic mass is 10.1. The van der Waals surface area contributed by atoms with Crippen molar-refractivity contribution in [3.8, 4) is 0 Å². The Bertz CT molecular complexity index is 260. The summed E-state index contributed by atoms with van der Waals surface area (Å²) in [5.41, 5.74) is 8.78. The van der Waals surface area contributed by atoms with E-state index < -0.39 is 0 Å². The van der Waals surface area contributed by atoms with Gasteiger partial charge in [0, 0.05) is 24.9 Å². The van der Waals surface area contributed by atoms with Gasteiger partial charge in [-0.2, -0.15) is 0 Å². The molecular weight excluding hydrogens is 194 g/mol. The zero-order valence-electron chi connectivity index (χ0n) is 8.35. The van der Waals surface area contributed by atoms with Crippen molar-refractivity contribution in [2.24, 2.45) is 11.7 Å². The number of hydrogen-bond acceptors (Lipinski definition) is 4. The number of rotatable bonds is 4. The van der Waals surface area contributed by atoms with Crippen LogP contribution >= 0.6 is 11.3 Å². The number of hydrogen-bond donors (Lipinski definition) is 1. The van der Waals surface area contributed by atoms with Gasteiger partial charge in [-0.1, -0.05) is 0 Å². The highest BCUT2D eigenvalue weighted by Gasteiger charge is 2.20. The first-order valence-corrected chi connectivity index (χ1v) is 6.12. The molecule has 1 aromatic heterocycles. The van der Waals surface area contributed by atoms with E-state index in [-0.39, 0.29) is 0 Å². The van der Waals surface area contributed by atoms with E-state index >= 15 is 0 Å². The molecular formula is C10H17N3S. The Morgan fingerprint density at radius 1 is 1.64 bits per heavy atom. The maximum Gasteiger partial charge on any atom is 0.0794 e. The third-order valence-corrected chi connectivity index (χ3v) is 3.51. The van der Waals surface area contributed by atoms with Crippen LogP contribution in [0.25, 0.3) is 0 Å². The second-order valence-corrected chi connectivity index (χ2v) is 4.64. The first-order valence-electron chi connectivity index (χ1n) is 5.18. The van der Waals surface area contributed by atoms with Gasteiger partial charge >= 0.3 is 0 Å². The number of nitrogens with two attached hydrogens (primary N) is 1. The number of thiazole rings is 1. The van der Waals surface area contributed by atoms with E-state index in [1.165, 1.54) is 25.2 Å². The Morgan fingerprint density at radius 2 is 2.57 bits per heavy atom. The molecule has 1 aliphatic heterocycles. The van der Waals surface area contributed by atoms with Crippen LogP contribution in [-0.4, -0.2) is 36.1 Å². The lowest BCUT2D eigenvalue weighted by molar-refractivity contribution is 0.328. The summed E-state index contributed by atoms with van der Waals surface area (Å²) in [5.74, 6) is 0.727. The number of likely N-dealkylation sites (tertiary alicyclic amines) is 1. The van der Waals surface area contributed by atoms with Crippen LogP contribution in [0.1, 0.15) is 12.1 Å². The fourth-order valence-corrected chi connectivity index (χ4v) is 2.53. The van der Waals surface area contributed by atoms with Crippen LogP contribution in [0.4, 0.5) is 0 Å². The van der Waals surface area contributed by atoms with Gasteiger partial charge in [-0.15, -0.1) is 11.3 Å². The lowest BCUT2D eigenvalue weighted by Gasteiger charge is -2.14. The minimum Gasteiger partial charge on any atom is -0.330 e. The van der Waals surface area contributed by atoms with E-state index in [9.17, 15) is 0 Å². The van der Waals surface area contributed by atoms with Gasteiger partial charge in [0.2, 0.25) is 0 Å². The summed E-state index contributed by atoms with van der Waals surface area (Å²) in [6, 6.07) is 0. The van der Waals surface area contributed by atoms with E-state index in [1.807, 2.05) is 5.51 Å². The molecule has 2 N–H and O–H groups in total. The molecule has 0 bridgehead atoms. The van der Waals surface area contributed by atoms with Gasteiger partial charge in [-0.3, -0.25) is 0 Å². The van der Waals surface area contributed by atoms with Crippen LogP contribution in [-0.2, 0) is 6.42 Å². The summed E-state index contributed by atoms with van der Waals surface area (Å²) in [7, 11) is 0. The van der Waals surface area contributed by atoms with Gasteiger partial charge in [0.25, 0.3) is 0 Å². The summed E-state index contributed by atoms with van der Waals surface area (Å²) < 4.78 is 0. The zero-order valence-corrected chi connectivity index (χ0v) is 9.17. The third kappa shape index (κ3) is 2.53. The van der Waals surface area contributed by atoms with Crippen molar-refractivity contribution in [3.63, 3.8) is 0 Å². The van der Waals surface area contributed by atoms with Crippen LogP contribution in [0.15, 0.2) is 10.9 Å². The second-order valence-electron chi connectivity index (χ2n) is 3.92. The summed E-state index contributed by atoms with van der Waals surface area (Å²) in [6.45, 7) is 4.38.